The smallest absolute Gasteiger partial charge is 0.244 e. The van der Waals surface area contributed by atoms with Crippen LogP contribution in [0.5, 0.6) is 5.75 Å². The lowest BCUT2D eigenvalue weighted by molar-refractivity contribution is -0.121. The summed E-state index contributed by atoms with van der Waals surface area (Å²) in [5.74, 6) is -0.333. The van der Waals surface area contributed by atoms with Crippen LogP contribution in [0.15, 0.2) is 29.2 Å². The van der Waals surface area contributed by atoms with Gasteiger partial charge in [-0.15, -0.1) is 0 Å². The number of hydrogen-bond acceptors (Lipinski definition) is 4. The van der Waals surface area contributed by atoms with Crippen LogP contribution in [0.4, 0.5) is 0 Å². The molecule has 0 bridgehead atoms. The van der Waals surface area contributed by atoms with Crippen molar-refractivity contribution in [2.45, 2.75) is 36.6 Å². The summed E-state index contributed by atoms with van der Waals surface area (Å²) in [6.07, 6.45) is 2.78. The van der Waals surface area contributed by atoms with Crippen molar-refractivity contribution in [2.75, 3.05) is 6.54 Å². The Hall–Kier alpha value is -1.60. The van der Waals surface area contributed by atoms with Gasteiger partial charge in [-0.1, -0.05) is 12.1 Å². The highest BCUT2D eigenvalue weighted by Gasteiger charge is 2.23. The number of phenolic OH excluding ortho intramolecular Hbond substituents is 1. The van der Waals surface area contributed by atoms with Crippen molar-refractivity contribution in [1.82, 2.24) is 10.0 Å². The number of carbonyl (C=O) groups excluding carboxylic acids is 1. The third-order valence-electron chi connectivity index (χ3n) is 2.97. The van der Waals surface area contributed by atoms with Gasteiger partial charge in [0.2, 0.25) is 15.9 Å². The first-order valence-corrected chi connectivity index (χ1v) is 8.04. The predicted molar refractivity (Wildman–Crippen MR) is 73.7 cm³/mol. The van der Waals surface area contributed by atoms with Gasteiger partial charge in [0.25, 0.3) is 0 Å². The molecule has 0 saturated heterocycles. The van der Waals surface area contributed by atoms with Gasteiger partial charge in [-0.05, 0) is 31.4 Å². The molecule has 20 heavy (non-hydrogen) atoms. The third-order valence-corrected chi connectivity index (χ3v) is 4.48. The molecule has 0 atom stereocenters. The molecule has 1 aromatic rings. The molecule has 0 unspecified atom stereocenters. The van der Waals surface area contributed by atoms with E-state index in [1.807, 2.05) is 0 Å². The van der Waals surface area contributed by atoms with E-state index >= 15 is 0 Å². The largest absolute Gasteiger partial charge is 0.507 e. The molecular formula is C13H18N2O4S. The number of phenols is 1. The fraction of sp³-hybridized carbons (Fsp3) is 0.462. The van der Waals surface area contributed by atoms with E-state index < -0.39 is 10.0 Å². The Kier molecular flexibility index (Phi) is 4.61. The Bertz CT molecular complexity index is 582. The number of aromatic hydroxyl groups is 1. The Labute approximate surface area is 118 Å². The van der Waals surface area contributed by atoms with Gasteiger partial charge in [0.05, 0.1) is 0 Å². The SMILES string of the molecule is O=C(CCCNS(=O)(=O)c1ccccc1O)NC1CC1. The molecule has 0 spiro atoms. The summed E-state index contributed by atoms with van der Waals surface area (Å²) in [5, 5.41) is 12.3. The molecule has 1 saturated carbocycles. The van der Waals surface area contributed by atoms with Crippen molar-refractivity contribution in [3.63, 3.8) is 0 Å². The van der Waals surface area contributed by atoms with E-state index in [4.69, 9.17) is 0 Å². The standard InChI is InChI=1S/C13H18N2O4S/c16-11-4-1-2-5-12(11)20(18,19)14-9-3-6-13(17)15-10-7-8-10/h1-2,4-5,10,14,16H,3,6-9H2,(H,15,17). The molecule has 3 N–H and O–H groups in total. The van der Waals surface area contributed by atoms with E-state index in [9.17, 15) is 18.3 Å². The minimum absolute atomic E-state index is 0.0470. The summed E-state index contributed by atoms with van der Waals surface area (Å²) in [6.45, 7) is 0.161. The Morgan fingerprint density at radius 2 is 2.00 bits per heavy atom. The summed E-state index contributed by atoms with van der Waals surface area (Å²) in [5.41, 5.74) is 0. The molecule has 0 heterocycles. The second-order valence-corrected chi connectivity index (χ2v) is 6.55. The molecule has 1 aliphatic rings. The molecule has 1 amide bonds. The second kappa shape index (κ2) is 6.23. The number of amides is 1. The number of hydrogen-bond donors (Lipinski definition) is 3. The summed E-state index contributed by atoms with van der Waals surface area (Å²) >= 11 is 0. The van der Waals surface area contributed by atoms with Crippen LogP contribution in [0.2, 0.25) is 0 Å². The zero-order valence-corrected chi connectivity index (χ0v) is 11.8. The number of sulfonamides is 1. The van der Waals surface area contributed by atoms with Crippen LogP contribution in [-0.2, 0) is 14.8 Å². The molecule has 1 fully saturated rings. The average Bonchev–Trinajstić information content (AvgIpc) is 3.19. The van der Waals surface area contributed by atoms with Gasteiger partial charge >= 0.3 is 0 Å². The van der Waals surface area contributed by atoms with Crippen LogP contribution >= 0.6 is 0 Å². The van der Waals surface area contributed by atoms with Gasteiger partial charge in [0, 0.05) is 19.0 Å². The molecule has 0 aliphatic heterocycles. The number of rotatable bonds is 7. The maximum Gasteiger partial charge on any atom is 0.244 e. The van der Waals surface area contributed by atoms with Crippen molar-refractivity contribution < 1.29 is 18.3 Å². The van der Waals surface area contributed by atoms with Gasteiger partial charge in [-0.25, -0.2) is 13.1 Å². The molecule has 2 rings (SSSR count). The lowest BCUT2D eigenvalue weighted by Crippen LogP contribution is -2.28. The van der Waals surface area contributed by atoms with Crippen LogP contribution in [-0.4, -0.2) is 32.0 Å². The van der Waals surface area contributed by atoms with E-state index in [1.54, 1.807) is 6.07 Å². The van der Waals surface area contributed by atoms with Crippen LogP contribution in [0.1, 0.15) is 25.7 Å². The van der Waals surface area contributed by atoms with Crippen LogP contribution < -0.4 is 10.0 Å². The maximum absolute atomic E-state index is 11.9. The van der Waals surface area contributed by atoms with Crippen molar-refractivity contribution in [2.24, 2.45) is 0 Å². The summed E-state index contributed by atoms with van der Waals surface area (Å²) in [4.78, 5) is 11.3. The first-order chi connectivity index (χ1) is 9.49. The van der Waals surface area contributed by atoms with Crippen LogP contribution in [0, 0.1) is 0 Å². The Morgan fingerprint density at radius 3 is 2.65 bits per heavy atom. The highest BCUT2D eigenvalue weighted by atomic mass is 32.2. The van der Waals surface area contributed by atoms with Crippen molar-refractivity contribution in [3.8, 4) is 5.75 Å². The number of para-hydroxylation sites is 1. The van der Waals surface area contributed by atoms with Crippen LogP contribution in [0.25, 0.3) is 0 Å². The topological polar surface area (TPSA) is 95.5 Å². The van der Waals surface area contributed by atoms with Gasteiger partial charge in [-0.2, -0.15) is 0 Å². The minimum atomic E-state index is -3.73. The molecule has 0 radical (unpaired) electrons. The Morgan fingerprint density at radius 1 is 1.30 bits per heavy atom. The van der Waals surface area contributed by atoms with Crippen LogP contribution in [0.3, 0.4) is 0 Å². The molecular weight excluding hydrogens is 280 g/mol. The fourth-order valence-corrected chi connectivity index (χ4v) is 2.91. The minimum Gasteiger partial charge on any atom is -0.507 e. The van der Waals surface area contributed by atoms with Crippen molar-refractivity contribution in [1.29, 1.82) is 0 Å². The predicted octanol–water partition coefficient (Wildman–Crippen LogP) is 0.729. The highest BCUT2D eigenvalue weighted by molar-refractivity contribution is 7.89. The fourth-order valence-electron chi connectivity index (χ4n) is 1.75. The lowest BCUT2D eigenvalue weighted by atomic mass is 10.3. The highest BCUT2D eigenvalue weighted by Crippen LogP contribution is 2.21. The summed E-state index contributed by atoms with van der Waals surface area (Å²) in [6, 6.07) is 6.06. The molecule has 110 valence electrons. The van der Waals surface area contributed by atoms with E-state index in [2.05, 4.69) is 10.0 Å². The Balaban J connectivity index is 1.78. The third kappa shape index (κ3) is 4.21. The molecule has 1 aromatic carbocycles. The molecule has 7 heteroatoms. The first-order valence-electron chi connectivity index (χ1n) is 6.56. The van der Waals surface area contributed by atoms with E-state index in [0.29, 0.717) is 18.9 Å². The van der Waals surface area contributed by atoms with Gasteiger partial charge in [0.1, 0.15) is 10.6 Å². The zero-order chi connectivity index (χ0) is 14.6. The van der Waals surface area contributed by atoms with Gasteiger partial charge in [0.15, 0.2) is 0 Å². The van der Waals surface area contributed by atoms with Gasteiger partial charge in [-0.3, -0.25) is 4.79 Å². The van der Waals surface area contributed by atoms with Crippen molar-refractivity contribution in [3.05, 3.63) is 24.3 Å². The molecule has 1 aliphatic carbocycles. The van der Waals surface area contributed by atoms with E-state index in [-0.39, 0.29) is 23.1 Å². The number of carbonyl (C=O) groups is 1. The van der Waals surface area contributed by atoms with E-state index in [0.717, 1.165) is 12.8 Å². The lowest BCUT2D eigenvalue weighted by Gasteiger charge is -2.08. The number of benzene rings is 1. The normalized spacial score (nSPS) is 15.0. The zero-order valence-electron chi connectivity index (χ0n) is 11.0. The van der Waals surface area contributed by atoms with E-state index in [1.165, 1.54) is 18.2 Å². The first kappa shape index (κ1) is 14.8. The summed E-state index contributed by atoms with van der Waals surface area (Å²) < 4.78 is 26.2. The average molecular weight is 298 g/mol. The molecule has 6 nitrogen and oxygen atoms in total. The van der Waals surface area contributed by atoms with Crippen molar-refractivity contribution >= 4 is 15.9 Å². The van der Waals surface area contributed by atoms with Gasteiger partial charge < -0.3 is 10.4 Å². The molecule has 0 aromatic heterocycles. The maximum atomic E-state index is 11.9. The quantitative estimate of drug-likeness (QED) is 0.647. The summed E-state index contributed by atoms with van der Waals surface area (Å²) in [7, 11) is -3.73. The number of nitrogens with one attached hydrogen (secondary N) is 2. The monoisotopic (exact) mass is 298 g/mol. The second-order valence-electron chi connectivity index (χ2n) is 4.81.